The Morgan fingerprint density at radius 2 is 2.19 bits per heavy atom. The summed E-state index contributed by atoms with van der Waals surface area (Å²) in [4.78, 5) is 0. The molecule has 1 aliphatic heterocycles. The van der Waals surface area contributed by atoms with Crippen LogP contribution in [0.15, 0.2) is 23.0 Å². The molecule has 0 unspecified atom stereocenters. The molecule has 1 saturated heterocycles. The Morgan fingerprint density at radius 3 is 2.56 bits per heavy atom. The molecular weight excluding hydrogens is 222 g/mol. The van der Waals surface area contributed by atoms with Crippen LogP contribution in [0, 0.1) is 10.8 Å². The molecule has 1 N–H and O–H groups in total. The van der Waals surface area contributed by atoms with Gasteiger partial charge < -0.3 is 5.41 Å². The van der Waals surface area contributed by atoms with Crippen LogP contribution in [-0.4, -0.2) is 29.8 Å². The highest BCUT2D eigenvalue weighted by molar-refractivity contribution is 6.39. The fourth-order valence-corrected chi connectivity index (χ4v) is 2.10. The summed E-state index contributed by atoms with van der Waals surface area (Å²) < 4.78 is 0. The Labute approximate surface area is 103 Å². The van der Waals surface area contributed by atoms with E-state index in [9.17, 15) is 0 Å². The van der Waals surface area contributed by atoms with Crippen molar-refractivity contribution < 1.29 is 0 Å². The summed E-state index contributed by atoms with van der Waals surface area (Å²) in [6.07, 6.45) is 2.16. The van der Waals surface area contributed by atoms with Crippen molar-refractivity contribution in [3.63, 3.8) is 0 Å². The van der Waals surface area contributed by atoms with E-state index in [-0.39, 0.29) is 5.41 Å². The molecule has 1 aliphatic rings. The van der Waals surface area contributed by atoms with Gasteiger partial charge in [0.15, 0.2) is 0 Å². The zero-order chi connectivity index (χ0) is 12.5. The Hall–Kier alpha value is -0.960. The summed E-state index contributed by atoms with van der Waals surface area (Å²) >= 11 is 5.95. The number of rotatable bonds is 3. The molecule has 1 fully saturated rings. The summed E-state index contributed by atoms with van der Waals surface area (Å²) in [5.41, 5.74) is 2.22. The molecule has 0 aromatic carbocycles. The highest BCUT2D eigenvalue weighted by Crippen LogP contribution is 2.37. The molecule has 16 heavy (non-hydrogen) atoms. The minimum absolute atomic E-state index is 0.253. The van der Waals surface area contributed by atoms with Gasteiger partial charge in [-0.2, -0.15) is 0 Å². The summed E-state index contributed by atoms with van der Waals surface area (Å²) in [6, 6.07) is 0. The Morgan fingerprint density at radius 1 is 1.62 bits per heavy atom. The van der Waals surface area contributed by atoms with E-state index in [0.29, 0.717) is 5.03 Å². The fourth-order valence-electron chi connectivity index (χ4n) is 1.98. The van der Waals surface area contributed by atoms with Crippen molar-refractivity contribution in [1.82, 2.24) is 10.0 Å². The van der Waals surface area contributed by atoms with Crippen molar-refractivity contribution in [3.8, 4) is 0 Å². The van der Waals surface area contributed by atoms with Crippen LogP contribution < -0.4 is 0 Å². The van der Waals surface area contributed by atoms with Gasteiger partial charge in [0.25, 0.3) is 0 Å². The van der Waals surface area contributed by atoms with E-state index >= 15 is 0 Å². The van der Waals surface area contributed by atoms with E-state index in [2.05, 4.69) is 25.4 Å². The first-order valence-electron chi connectivity index (χ1n) is 5.34. The van der Waals surface area contributed by atoms with E-state index in [4.69, 9.17) is 17.0 Å². The molecule has 1 rings (SSSR count). The summed E-state index contributed by atoms with van der Waals surface area (Å²) in [6.45, 7) is 11.4. The molecule has 0 amide bonds. The lowest BCUT2D eigenvalue weighted by atomic mass is 9.92. The molecule has 0 radical (unpaired) electrons. The lowest BCUT2D eigenvalue weighted by Crippen LogP contribution is -2.37. The average molecular weight is 242 g/mol. The minimum Gasteiger partial charge on any atom is -0.307 e. The third-order valence-corrected chi connectivity index (χ3v) is 3.33. The van der Waals surface area contributed by atoms with Gasteiger partial charge in [0, 0.05) is 25.5 Å². The summed E-state index contributed by atoms with van der Waals surface area (Å²) in [5.74, 6) is 0. The number of nitrogens with zero attached hydrogens (tertiary/aromatic N) is 2. The highest BCUT2D eigenvalue weighted by atomic mass is 35.5. The number of nitrogens with one attached hydrogen (secondary N) is 1. The minimum atomic E-state index is 0.253. The molecule has 0 aromatic heterocycles. The highest BCUT2D eigenvalue weighted by Gasteiger charge is 2.34. The van der Waals surface area contributed by atoms with Gasteiger partial charge in [0.05, 0.1) is 10.7 Å². The predicted octanol–water partition coefficient (Wildman–Crippen LogP) is 3.20. The maximum atomic E-state index is 7.15. The third kappa shape index (κ3) is 2.59. The van der Waals surface area contributed by atoms with E-state index in [1.165, 1.54) is 0 Å². The molecule has 90 valence electrons. The summed E-state index contributed by atoms with van der Waals surface area (Å²) in [7, 11) is 1.95. The third-order valence-electron chi connectivity index (χ3n) is 2.95. The first kappa shape index (κ1) is 13.1. The SMILES string of the molecule is C=C1CC(C)(C)CN1N(C)/C(C)=C(\Cl)C=N. The quantitative estimate of drug-likeness (QED) is 0.770. The smallest absolute Gasteiger partial charge is 0.0788 e. The van der Waals surface area contributed by atoms with E-state index in [1.54, 1.807) is 0 Å². The monoisotopic (exact) mass is 241 g/mol. The Kier molecular flexibility index (Phi) is 3.68. The van der Waals surface area contributed by atoms with E-state index in [1.807, 2.05) is 19.0 Å². The number of hydrogen-bond acceptors (Lipinski definition) is 3. The first-order valence-corrected chi connectivity index (χ1v) is 5.72. The van der Waals surface area contributed by atoms with Gasteiger partial charge in [-0.1, -0.05) is 32.0 Å². The normalized spacial score (nSPS) is 20.8. The van der Waals surface area contributed by atoms with Crippen LogP contribution in [0.3, 0.4) is 0 Å². The van der Waals surface area contributed by atoms with Crippen LogP contribution in [0.5, 0.6) is 0 Å². The van der Waals surface area contributed by atoms with Crippen molar-refractivity contribution in [2.75, 3.05) is 13.6 Å². The zero-order valence-corrected chi connectivity index (χ0v) is 11.2. The molecule has 0 aromatic rings. The van der Waals surface area contributed by atoms with Gasteiger partial charge >= 0.3 is 0 Å². The molecule has 0 bridgehead atoms. The van der Waals surface area contributed by atoms with Gasteiger partial charge in [-0.05, 0) is 18.8 Å². The van der Waals surface area contributed by atoms with Crippen molar-refractivity contribution >= 4 is 17.8 Å². The van der Waals surface area contributed by atoms with Crippen molar-refractivity contribution in [2.24, 2.45) is 5.41 Å². The second-order valence-electron chi connectivity index (χ2n) is 5.07. The van der Waals surface area contributed by atoms with Crippen molar-refractivity contribution in [3.05, 3.63) is 23.0 Å². The van der Waals surface area contributed by atoms with Gasteiger partial charge in [-0.25, -0.2) is 0 Å². The molecule has 0 spiro atoms. The van der Waals surface area contributed by atoms with Crippen molar-refractivity contribution in [2.45, 2.75) is 27.2 Å². The van der Waals surface area contributed by atoms with Gasteiger partial charge in [0.1, 0.15) is 0 Å². The number of halogens is 1. The fraction of sp³-hybridized carbons (Fsp3) is 0.583. The van der Waals surface area contributed by atoms with Crippen LogP contribution in [0.25, 0.3) is 0 Å². The van der Waals surface area contributed by atoms with Crippen molar-refractivity contribution in [1.29, 1.82) is 5.41 Å². The molecule has 0 atom stereocenters. The second-order valence-corrected chi connectivity index (χ2v) is 5.47. The average Bonchev–Trinajstić information content (AvgIpc) is 2.48. The van der Waals surface area contributed by atoms with Crippen LogP contribution in [0.2, 0.25) is 0 Å². The predicted molar refractivity (Wildman–Crippen MR) is 69.3 cm³/mol. The Balaban J connectivity index is 2.88. The number of hydrogen-bond donors (Lipinski definition) is 1. The number of hydrazine groups is 1. The maximum Gasteiger partial charge on any atom is 0.0788 e. The first-order chi connectivity index (χ1) is 7.28. The van der Waals surface area contributed by atoms with Gasteiger partial charge in [0.2, 0.25) is 0 Å². The van der Waals surface area contributed by atoms with Crippen LogP contribution >= 0.6 is 11.6 Å². The van der Waals surface area contributed by atoms with Crippen LogP contribution in [-0.2, 0) is 0 Å². The molecule has 3 nitrogen and oxygen atoms in total. The van der Waals surface area contributed by atoms with E-state index < -0.39 is 0 Å². The van der Waals surface area contributed by atoms with Gasteiger partial charge in [-0.15, -0.1) is 0 Å². The molecule has 0 saturated carbocycles. The standard InChI is InChI=1S/C12H20ClN3/c1-9-6-12(3,4)8-16(9)15(5)10(2)11(13)7-14/h7,14H,1,6,8H2,2-5H3/b11-10-,14-7?. The molecular formula is C12H20ClN3. The molecule has 4 heteroatoms. The van der Waals surface area contributed by atoms with E-state index in [0.717, 1.165) is 30.6 Å². The topological polar surface area (TPSA) is 30.3 Å². The molecule has 1 heterocycles. The largest absolute Gasteiger partial charge is 0.307 e. The lowest BCUT2D eigenvalue weighted by Gasteiger charge is -2.34. The van der Waals surface area contributed by atoms with Crippen LogP contribution in [0.4, 0.5) is 0 Å². The second kappa shape index (κ2) is 4.50. The van der Waals surface area contributed by atoms with Gasteiger partial charge in [-0.3, -0.25) is 10.0 Å². The molecule has 0 aliphatic carbocycles. The zero-order valence-electron chi connectivity index (χ0n) is 10.5. The van der Waals surface area contributed by atoms with Crippen LogP contribution in [0.1, 0.15) is 27.2 Å². The Bertz CT molecular complexity index is 344. The summed E-state index contributed by atoms with van der Waals surface area (Å²) in [5, 5.41) is 11.7. The maximum absolute atomic E-state index is 7.15. The lowest BCUT2D eigenvalue weighted by molar-refractivity contribution is 0.0783. The number of allylic oxidation sites excluding steroid dienone is 3.